The van der Waals surface area contributed by atoms with Crippen molar-refractivity contribution in [2.75, 3.05) is 0 Å². The first kappa shape index (κ1) is 9.98. The third-order valence-electron chi connectivity index (χ3n) is 2.33. The van der Waals surface area contributed by atoms with Gasteiger partial charge < -0.3 is 5.32 Å². The first-order valence-electron chi connectivity index (χ1n) is 4.67. The summed E-state index contributed by atoms with van der Waals surface area (Å²) >= 11 is 4.89. The van der Waals surface area contributed by atoms with Gasteiger partial charge in [-0.1, -0.05) is 30.3 Å². The highest BCUT2D eigenvalue weighted by atomic mass is 32.1. The van der Waals surface area contributed by atoms with E-state index < -0.39 is 0 Å². The second-order valence-electron chi connectivity index (χ2n) is 3.38. The monoisotopic (exact) mass is 218 g/mol. The standard InChI is InChI=1S/C11H10N2OS/c1-7-9(8-5-3-2-4-6-8)12-11(15)13-10(7)14/h2-7H,1H3,(H,13,14,15). The SMILES string of the molecule is CC1C(=O)NC(=S)N=C1c1ccccc1. The van der Waals surface area contributed by atoms with Crippen molar-refractivity contribution >= 4 is 28.9 Å². The molecule has 15 heavy (non-hydrogen) atoms. The second-order valence-corrected chi connectivity index (χ2v) is 3.77. The molecule has 1 N–H and O–H groups in total. The van der Waals surface area contributed by atoms with Gasteiger partial charge in [-0.2, -0.15) is 0 Å². The molecule has 0 spiro atoms. The van der Waals surface area contributed by atoms with Gasteiger partial charge in [-0.15, -0.1) is 0 Å². The molecule has 0 aliphatic carbocycles. The Bertz CT molecular complexity index is 439. The fourth-order valence-corrected chi connectivity index (χ4v) is 1.69. The van der Waals surface area contributed by atoms with Crippen LogP contribution in [0.25, 0.3) is 0 Å². The molecular weight excluding hydrogens is 208 g/mol. The van der Waals surface area contributed by atoms with Crippen molar-refractivity contribution in [2.45, 2.75) is 6.92 Å². The van der Waals surface area contributed by atoms with Crippen LogP contribution in [0.4, 0.5) is 0 Å². The molecule has 1 aliphatic heterocycles. The molecule has 3 nitrogen and oxygen atoms in total. The molecule has 0 fully saturated rings. The lowest BCUT2D eigenvalue weighted by atomic mass is 9.96. The number of carbonyl (C=O) groups excluding carboxylic acids is 1. The quantitative estimate of drug-likeness (QED) is 0.726. The highest BCUT2D eigenvalue weighted by Crippen LogP contribution is 2.13. The maximum atomic E-state index is 11.5. The average molecular weight is 218 g/mol. The highest BCUT2D eigenvalue weighted by Gasteiger charge is 2.25. The van der Waals surface area contributed by atoms with Crippen LogP contribution in [0.5, 0.6) is 0 Å². The maximum absolute atomic E-state index is 11.5. The van der Waals surface area contributed by atoms with Crippen LogP contribution in [0, 0.1) is 5.92 Å². The van der Waals surface area contributed by atoms with Gasteiger partial charge in [0, 0.05) is 0 Å². The summed E-state index contributed by atoms with van der Waals surface area (Å²) in [6.45, 7) is 1.82. The Hall–Kier alpha value is -1.55. The molecule has 1 aromatic carbocycles. The molecule has 76 valence electrons. The van der Waals surface area contributed by atoms with Gasteiger partial charge >= 0.3 is 0 Å². The topological polar surface area (TPSA) is 41.5 Å². The van der Waals surface area contributed by atoms with E-state index in [2.05, 4.69) is 10.3 Å². The summed E-state index contributed by atoms with van der Waals surface area (Å²) in [5.41, 5.74) is 1.69. The summed E-state index contributed by atoms with van der Waals surface area (Å²) in [7, 11) is 0. The van der Waals surface area contributed by atoms with Gasteiger partial charge in [0.05, 0.1) is 11.6 Å². The van der Waals surface area contributed by atoms with Crippen LogP contribution in [-0.2, 0) is 4.79 Å². The smallest absolute Gasteiger partial charge is 0.235 e. The van der Waals surface area contributed by atoms with E-state index in [0.29, 0.717) is 0 Å². The van der Waals surface area contributed by atoms with Crippen LogP contribution in [0.1, 0.15) is 12.5 Å². The minimum atomic E-state index is -0.251. The lowest BCUT2D eigenvalue weighted by Gasteiger charge is -2.19. The van der Waals surface area contributed by atoms with E-state index in [1.54, 1.807) is 0 Å². The molecule has 0 saturated carbocycles. The maximum Gasteiger partial charge on any atom is 0.235 e. The van der Waals surface area contributed by atoms with Gasteiger partial charge in [-0.05, 0) is 24.7 Å². The van der Waals surface area contributed by atoms with Crippen molar-refractivity contribution in [1.29, 1.82) is 0 Å². The number of aliphatic imine (C=N–C) groups is 1. The summed E-state index contributed by atoms with van der Waals surface area (Å²) < 4.78 is 0. The number of benzene rings is 1. The van der Waals surface area contributed by atoms with Gasteiger partial charge in [0.1, 0.15) is 0 Å². The van der Waals surface area contributed by atoms with E-state index in [1.807, 2.05) is 37.3 Å². The number of hydrogen-bond acceptors (Lipinski definition) is 2. The van der Waals surface area contributed by atoms with Gasteiger partial charge in [-0.3, -0.25) is 4.79 Å². The number of nitrogens with zero attached hydrogens (tertiary/aromatic N) is 1. The molecule has 1 atom stereocenters. The van der Waals surface area contributed by atoms with Crippen molar-refractivity contribution in [3.8, 4) is 0 Å². The zero-order chi connectivity index (χ0) is 10.8. The van der Waals surface area contributed by atoms with E-state index in [0.717, 1.165) is 11.3 Å². The summed E-state index contributed by atoms with van der Waals surface area (Å²) in [6, 6.07) is 9.61. The summed E-state index contributed by atoms with van der Waals surface area (Å²) in [6.07, 6.45) is 0. The lowest BCUT2D eigenvalue weighted by molar-refractivity contribution is -0.121. The van der Waals surface area contributed by atoms with Gasteiger partial charge in [0.25, 0.3) is 0 Å². The van der Waals surface area contributed by atoms with Crippen LogP contribution in [0.3, 0.4) is 0 Å². The zero-order valence-electron chi connectivity index (χ0n) is 8.23. The number of amides is 1. The molecule has 0 radical (unpaired) electrons. The Morgan fingerprint density at radius 3 is 2.67 bits per heavy atom. The van der Waals surface area contributed by atoms with Crippen molar-refractivity contribution < 1.29 is 4.79 Å². The van der Waals surface area contributed by atoms with E-state index in [9.17, 15) is 4.79 Å². The normalized spacial score (nSPS) is 20.9. The van der Waals surface area contributed by atoms with Gasteiger partial charge in [0.15, 0.2) is 5.11 Å². The molecule has 1 heterocycles. The first-order valence-corrected chi connectivity index (χ1v) is 5.08. The van der Waals surface area contributed by atoms with Crippen LogP contribution in [0.2, 0.25) is 0 Å². The van der Waals surface area contributed by atoms with Gasteiger partial charge in [-0.25, -0.2) is 4.99 Å². The number of hydrogen-bond donors (Lipinski definition) is 1. The molecular formula is C11H10N2OS. The minimum Gasteiger partial charge on any atom is -0.301 e. The third-order valence-corrected chi connectivity index (χ3v) is 2.52. The Morgan fingerprint density at radius 1 is 1.33 bits per heavy atom. The molecule has 0 aromatic heterocycles. The molecule has 1 amide bonds. The van der Waals surface area contributed by atoms with Crippen LogP contribution < -0.4 is 5.32 Å². The van der Waals surface area contributed by atoms with E-state index in [1.165, 1.54) is 0 Å². The third kappa shape index (κ3) is 1.94. The molecule has 1 aromatic rings. The van der Waals surface area contributed by atoms with Crippen molar-refractivity contribution in [1.82, 2.24) is 5.32 Å². The highest BCUT2D eigenvalue weighted by molar-refractivity contribution is 7.80. The molecule has 0 saturated heterocycles. The van der Waals surface area contributed by atoms with Crippen LogP contribution in [-0.4, -0.2) is 16.7 Å². The Morgan fingerprint density at radius 2 is 2.00 bits per heavy atom. The van der Waals surface area contributed by atoms with Crippen molar-refractivity contribution in [3.05, 3.63) is 35.9 Å². The fourth-order valence-electron chi connectivity index (χ4n) is 1.50. The molecule has 2 rings (SSSR count). The molecule has 1 unspecified atom stereocenters. The number of nitrogens with one attached hydrogen (secondary N) is 1. The average Bonchev–Trinajstić information content (AvgIpc) is 2.24. The molecule has 1 aliphatic rings. The minimum absolute atomic E-state index is 0.0890. The zero-order valence-corrected chi connectivity index (χ0v) is 9.04. The number of thiocarbonyl (C=S) groups is 1. The number of rotatable bonds is 1. The Balaban J connectivity index is 2.44. The largest absolute Gasteiger partial charge is 0.301 e. The summed E-state index contributed by atoms with van der Waals surface area (Å²) in [5, 5.41) is 2.78. The van der Waals surface area contributed by atoms with E-state index in [4.69, 9.17) is 12.2 Å². The molecule has 0 bridgehead atoms. The lowest BCUT2D eigenvalue weighted by Crippen LogP contribution is -2.41. The van der Waals surface area contributed by atoms with Gasteiger partial charge in [0.2, 0.25) is 5.91 Å². The fraction of sp³-hybridized carbons (Fsp3) is 0.182. The Kier molecular flexibility index (Phi) is 2.60. The predicted octanol–water partition coefficient (Wildman–Crippen LogP) is 1.53. The van der Waals surface area contributed by atoms with Crippen LogP contribution in [0.15, 0.2) is 35.3 Å². The second kappa shape index (κ2) is 3.90. The first-order chi connectivity index (χ1) is 7.18. The number of carbonyl (C=O) groups is 1. The van der Waals surface area contributed by atoms with Crippen LogP contribution >= 0.6 is 12.2 Å². The Labute approximate surface area is 93.2 Å². The van der Waals surface area contributed by atoms with E-state index >= 15 is 0 Å². The van der Waals surface area contributed by atoms with Crippen molar-refractivity contribution in [3.63, 3.8) is 0 Å². The summed E-state index contributed by atoms with van der Waals surface area (Å²) in [4.78, 5) is 15.7. The molecule has 4 heteroatoms. The summed E-state index contributed by atoms with van der Waals surface area (Å²) in [5.74, 6) is -0.340. The van der Waals surface area contributed by atoms with Crippen molar-refractivity contribution in [2.24, 2.45) is 10.9 Å². The predicted molar refractivity (Wildman–Crippen MR) is 62.9 cm³/mol. The van der Waals surface area contributed by atoms with E-state index in [-0.39, 0.29) is 16.9 Å².